The number of aromatic hydroxyl groups is 1. The molecule has 2 aromatic rings. The standard InChI is InChI=1S/C17H21N3O3/c1-4-23-15-7-11(5-6-14(15)21)12-8-16(22)19-17-13(12)9-18-20(17)10(2)3/h5-7,9-10,12,21H,4,8H2,1-3H3,(H,19,22)/t12-/m1/s1. The molecule has 0 saturated carbocycles. The van der Waals surface area contributed by atoms with Gasteiger partial charge in [-0.05, 0) is 38.5 Å². The van der Waals surface area contributed by atoms with Gasteiger partial charge in [-0.25, -0.2) is 4.68 Å². The Labute approximate surface area is 135 Å². The number of phenols is 1. The van der Waals surface area contributed by atoms with Gasteiger partial charge in [0, 0.05) is 23.9 Å². The van der Waals surface area contributed by atoms with Crippen LogP contribution in [0.3, 0.4) is 0 Å². The lowest BCUT2D eigenvalue weighted by atomic mass is 9.87. The van der Waals surface area contributed by atoms with Gasteiger partial charge >= 0.3 is 0 Å². The van der Waals surface area contributed by atoms with Crippen molar-refractivity contribution in [3.05, 3.63) is 35.5 Å². The van der Waals surface area contributed by atoms with Crippen molar-refractivity contribution in [2.45, 2.75) is 39.2 Å². The van der Waals surface area contributed by atoms with Crippen molar-refractivity contribution in [2.24, 2.45) is 0 Å². The van der Waals surface area contributed by atoms with E-state index in [0.717, 1.165) is 16.9 Å². The number of nitrogens with one attached hydrogen (secondary N) is 1. The maximum absolute atomic E-state index is 12.1. The Morgan fingerprint density at radius 2 is 2.26 bits per heavy atom. The van der Waals surface area contributed by atoms with Gasteiger partial charge in [0.1, 0.15) is 5.82 Å². The second kappa shape index (κ2) is 5.95. The normalized spacial score (nSPS) is 17.0. The van der Waals surface area contributed by atoms with E-state index in [1.807, 2.05) is 37.7 Å². The molecule has 1 atom stereocenters. The first-order chi connectivity index (χ1) is 11.0. The molecule has 3 rings (SSSR count). The number of hydrogen-bond donors (Lipinski definition) is 2. The second-order valence-electron chi connectivity index (χ2n) is 5.95. The Bertz CT molecular complexity index is 737. The molecule has 1 amide bonds. The number of carbonyl (C=O) groups excluding carboxylic acids is 1. The molecule has 1 aliphatic heterocycles. The van der Waals surface area contributed by atoms with Gasteiger partial charge in [0.2, 0.25) is 5.91 Å². The summed E-state index contributed by atoms with van der Waals surface area (Å²) >= 11 is 0. The summed E-state index contributed by atoms with van der Waals surface area (Å²) in [6.07, 6.45) is 2.17. The number of hydrogen-bond acceptors (Lipinski definition) is 4. The van der Waals surface area contributed by atoms with Crippen LogP contribution in [0.15, 0.2) is 24.4 Å². The number of ether oxygens (including phenoxy) is 1. The third-order valence-electron chi connectivity index (χ3n) is 4.02. The Balaban J connectivity index is 2.05. The molecule has 6 heteroatoms. The van der Waals surface area contributed by atoms with Crippen LogP contribution < -0.4 is 10.1 Å². The van der Waals surface area contributed by atoms with Crippen molar-refractivity contribution in [3.63, 3.8) is 0 Å². The lowest BCUT2D eigenvalue weighted by molar-refractivity contribution is -0.116. The molecule has 23 heavy (non-hydrogen) atoms. The zero-order chi connectivity index (χ0) is 16.6. The summed E-state index contributed by atoms with van der Waals surface area (Å²) in [7, 11) is 0. The molecule has 1 aliphatic rings. The molecule has 6 nitrogen and oxygen atoms in total. The molecular formula is C17H21N3O3. The second-order valence-corrected chi connectivity index (χ2v) is 5.95. The van der Waals surface area contributed by atoms with Gasteiger partial charge in [-0.3, -0.25) is 4.79 Å². The van der Waals surface area contributed by atoms with Crippen LogP contribution in [0, 0.1) is 0 Å². The average Bonchev–Trinajstić information content (AvgIpc) is 2.92. The maximum atomic E-state index is 12.1. The first-order valence-corrected chi connectivity index (χ1v) is 7.84. The van der Waals surface area contributed by atoms with Crippen molar-refractivity contribution in [1.29, 1.82) is 0 Å². The summed E-state index contributed by atoms with van der Waals surface area (Å²) in [6, 6.07) is 5.41. The van der Waals surface area contributed by atoms with E-state index in [4.69, 9.17) is 4.74 Å². The highest BCUT2D eigenvalue weighted by atomic mass is 16.5. The minimum Gasteiger partial charge on any atom is -0.504 e. The smallest absolute Gasteiger partial charge is 0.226 e. The van der Waals surface area contributed by atoms with Crippen LogP contribution in [0.4, 0.5) is 5.82 Å². The van der Waals surface area contributed by atoms with Gasteiger partial charge < -0.3 is 15.2 Å². The fourth-order valence-electron chi connectivity index (χ4n) is 2.95. The summed E-state index contributed by atoms with van der Waals surface area (Å²) in [4.78, 5) is 12.1. The van der Waals surface area contributed by atoms with E-state index < -0.39 is 0 Å². The van der Waals surface area contributed by atoms with Crippen LogP contribution in [0.2, 0.25) is 0 Å². The van der Waals surface area contributed by atoms with Gasteiger partial charge in [0.15, 0.2) is 11.5 Å². The summed E-state index contributed by atoms with van der Waals surface area (Å²) in [5.74, 6) is 1.18. The summed E-state index contributed by atoms with van der Waals surface area (Å²) in [5, 5.41) is 17.2. The number of nitrogens with zero attached hydrogens (tertiary/aromatic N) is 2. The van der Waals surface area contributed by atoms with E-state index in [2.05, 4.69) is 10.4 Å². The van der Waals surface area contributed by atoms with E-state index >= 15 is 0 Å². The first kappa shape index (κ1) is 15.4. The number of amides is 1. The molecule has 0 aliphatic carbocycles. The van der Waals surface area contributed by atoms with E-state index in [9.17, 15) is 9.90 Å². The Hall–Kier alpha value is -2.50. The Morgan fingerprint density at radius 3 is 2.96 bits per heavy atom. The lowest BCUT2D eigenvalue weighted by Crippen LogP contribution is -2.25. The maximum Gasteiger partial charge on any atom is 0.226 e. The molecule has 0 saturated heterocycles. The highest BCUT2D eigenvalue weighted by Crippen LogP contribution is 2.40. The molecule has 0 unspecified atom stereocenters. The number of phenolic OH excluding ortho intramolecular Hbond substituents is 1. The quantitative estimate of drug-likeness (QED) is 0.909. The van der Waals surface area contributed by atoms with Crippen LogP contribution in [0.25, 0.3) is 0 Å². The van der Waals surface area contributed by atoms with Crippen molar-refractivity contribution in [1.82, 2.24) is 9.78 Å². The molecule has 1 aromatic carbocycles. The molecule has 0 spiro atoms. The van der Waals surface area contributed by atoms with E-state index in [0.29, 0.717) is 18.8 Å². The summed E-state index contributed by atoms with van der Waals surface area (Å²) in [5.41, 5.74) is 1.93. The molecule has 2 heterocycles. The lowest BCUT2D eigenvalue weighted by Gasteiger charge is -2.25. The molecule has 0 bridgehead atoms. The topological polar surface area (TPSA) is 76.4 Å². The fraction of sp³-hybridized carbons (Fsp3) is 0.412. The summed E-state index contributed by atoms with van der Waals surface area (Å²) < 4.78 is 7.28. The van der Waals surface area contributed by atoms with Crippen LogP contribution in [0.5, 0.6) is 11.5 Å². The SMILES string of the molecule is CCOc1cc([C@H]2CC(=O)Nc3c2cnn3C(C)C)ccc1O. The fourth-order valence-corrected chi connectivity index (χ4v) is 2.95. The number of carbonyl (C=O) groups is 1. The van der Waals surface area contributed by atoms with Crippen LogP contribution in [-0.4, -0.2) is 27.4 Å². The van der Waals surface area contributed by atoms with Gasteiger partial charge in [0.25, 0.3) is 0 Å². The van der Waals surface area contributed by atoms with Gasteiger partial charge in [0.05, 0.1) is 12.8 Å². The number of aromatic nitrogens is 2. The first-order valence-electron chi connectivity index (χ1n) is 7.84. The monoisotopic (exact) mass is 315 g/mol. The molecule has 0 radical (unpaired) electrons. The van der Waals surface area contributed by atoms with Gasteiger partial charge in [-0.15, -0.1) is 0 Å². The molecule has 0 fully saturated rings. The van der Waals surface area contributed by atoms with E-state index in [1.165, 1.54) is 0 Å². The molecule has 1 aromatic heterocycles. The zero-order valence-corrected chi connectivity index (χ0v) is 13.5. The number of fused-ring (bicyclic) bond motifs is 1. The molecular weight excluding hydrogens is 294 g/mol. The van der Waals surface area contributed by atoms with Crippen molar-refractivity contribution < 1.29 is 14.6 Å². The van der Waals surface area contributed by atoms with E-state index in [-0.39, 0.29) is 23.6 Å². The predicted molar refractivity (Wildman–Crippen MR) is 87.0 cm³/mol. The third-order valence-corrected chi connectivity index (χ3v) is 4.02. The highest BCUT2D eigenvalue weighted by Gasteiger charge is 2.30. The number of benzene rings is 1. The van der Waals surface area contributed by atoms with Crippen LogP contribution >= 0.6 is 0 Å². The predicted octanol–water partition coefficient (Wildman–Crippen LogP) is 3.04. The number of anilines is 1. The molecule has 122 valence electrons. The Morgan fingerprint density at radius 1 is 1.48 bits per heavy atom. The minimum absolute atomic E-state index is 0.0315. The van der Waals surface area contributed by atoms with E-state index in [1.54, 1.807) is 12.1 Å². The van der Waals surface area contributed by atoms with Crippen molar-refractivity contribution in [2.75, 3.05) is 11.9 Å². The van der Waals surface area contributed by atoms with Gasteiger partial charge in [-0.1, -0.05) is 6.07 Å². The zero-order valence-electron chi connectivity index (χ0n) is 13.5. The Kier molecular flexibility index (Phi) is 3.98. The largest absolute Gasteiger partial charge is 0.504 e. The third kappa shape index (κ3) is 2.76. The van der Waals surface area contributed by atoms with Crippen molar-refractivity contribution in [3.8, 4) is 11.5 Å². The average molecular weight is 315 g/mol. The minimum atomic E-state index is -0.0916. The van der Waals surface area contributed by atoms with Crippen molar-refractivity contribution >= 4 is 11.7 Å². The summed E-state index contributed by atoms with van der Waals surface area (Å²) in [6.45, 7) is 6.39. The van der Waals surface area contributed by atoms with Gasteiger partial charge in [-0.2, -0.15) is 5.10 Å². The number of rotatable bonds is 4. The van der Waals surface area contributed by atoms with Crippen LogP contribution in [0.1, 0.15) is 50.3 Å². The highest BCUT2D eigenvalue weighted by molar-refractivity contribution is 5.94. The van der Waals surface area contributed by atoms with Crippen LogP contribution in [-0.2, 0) is 4.79 Å². The molecule has 2 N–H and O–H groups in total.